The maximum absolute atomic E-state index is 12.3. The van der Waals surface area contributed by atoms with Gasteiger partial charge in [-0.05, 0) is 27.7 Å². The zero-order valence-corrected chi connectivity index (χ0v) is 12.7. The number of carbonyl (C=O) groups is 2. The molecular weight excluding hydrogens is 303 g/mol. The number of carbonyl (C=O) groups excluding carboxylic acids is 2. The smallest absolute Gasteiger partial charge is 0.408 e. The molecule has 0 aromatic carbocycles. The normalized spacial score (nSPS) is 12.1. The quantitative estimate of drug-likeness (QED) is 0.865. The molecule has 0 aliphatic rings. The summed E-state index contributed by atoms with van der Waals surface area (Å²) in [5.41, 5.74) is -0.589. The van der Waals surface area contributed by atoms with E-state index in [9.17, 15) is 22.8 Å². The molecule has 0 radical (unpaired) electrons. The van der Waals surface area contributed by atoms with Crippen LogP contribution in [0.1, 0.15) is 36.8 Å². The Morgan fingerprint density at radius 1 is 1.32 bits per heavy atom. The molecule has 1 aromatic heterocycles. The van der Waals surface area contributed by atoms with Crippen LogP contribution in [-0.4, -0.2) is 40.0 Å². The van der Waals surface area contributed by atoms with Crippen molar-refractivity contribution in [2.24, 2.45) is 0 Å². The fourth-order valence-corrected chi connectivity index (χ4v) is 1.61. The first-order chi connectivity index (χ1) is 9.89. The zero-order chi connectivity index (χ0) is 17.1. The number of amides is 1. The van der Waals surface area contributed by atoms with E-state index in [2.05, 4.69) is 10.4 Å². The molecule has 0 aliphatic carbocycles. The van der Waals surface area contributed by atoms with Crippen molar-refractivity contribution in [1.29, 1.82) is 0 Å². The Kier molecular flexibility index (Phi) is 5.21. The lowest BCUT2D eigenvalue weighted by Crippen LogP contribution is -2.35. The number of nitrogens with zero attached hydrogens (tertiary/aromatic N) is 2. The molecule has 22 heavy (non-hydrogen) atoms. The molecule has 0 bridgehead atoms. The van der Waals surface area contributed by atoms with Crippen molar-refractivity contribution in [2.45, 2.75) is 46.0 Å². The first kappa shape index (κ1) is 18.0. The molecule has 0 saturated carbocycles. The fourth-order valence-electron chi connectivity index (χ4n) is 1.61. The summed E-state index contributed by atoms with van der Waals surface area (Å²) in [5, 5.41) is 5.79. The first-order valence-corrected chi connectivity index (χ1v) is 6.48. The van der Waals surface area contributed by atoms with E-state index in [1.54, 1.807) is 20.8 Å². The Balaban J connectivity index is 2.66. The highest BCUT2D eigenvalue weighted by atomic mass is 19.4. The van der Waals surface area contributed by atoms with E-state index >= 15 is 0 Å². The van der Waals surface area contributed by atoms with Gasteiger partial charge in [-0.25, -0.2) is 4.79 Å². The highest BCUT2D eigenvalue weighted by Gasteiger charge is 2.30. The van der Waals surface area contributed by atoms with E-state index in [4.69, 9.17) is 4.74 Å². The van der Waals surface area contributed by atoms with Gasteiger partial charge in [-0.1, -0.05) is 0 Å². The standard InChI is InChI=1S/C13H18F3N3O3/c1-8-9(5-18-19(8)7-13(14,15)16)10(20)6-17-11(21)22-12(2,3)4/h5H,6-7H2,1-4H3,(H,17,21). The minimum absolute atomic E-state index is 0.0281. The van der Waals surface area contributed by atoms with Crippen molar-refractivity contribution < 1.29 is 27.5 Å². The molecule has 1 aromatic rings. The van der Waals surface area contributed by atoms with Gasteiger partial charge >= 0.3 is 12.3 Å². The summed E-state index contributed by atoms with van der Waals surface area (Å²) in [4.78, 5) is 23.3. The molecule has 0 aliphatic heterocycles. The zero-order valence-electron chi connectivity index (χ0n) is 12.7. The van der Waals surface area contributed by atoms with Crippen LogP contribution >= 0.6 is 0 Å². The number of hydrogen-bond acceptors (Lipinski definition) is 4. The first-order valence-electron chi connectivity index (χ1n) is 6.48. The monoisotopic (exact) mass is 321 g/mol. The van der Waals surface area contributed by atoms with Gasteiger partial charge in [-0.15, -0.1) is 0 Å². The third-order valence-electron chi connectivity index (χ3n) is 2.52. The maximum Gasteiger partial charge on any atom is 0.408 e. The minimum Gasteiger partial charge on any atom is -0.444 e. The third-order valence-corrected chi connectivity index (χ3v) is 2.52. The van der Waals surface area contributed by atoms with Crippen LogP contribution in [0.3, 0.4) is 0 Å². The minimum atomic E-state index is -4.42. The Morgan fingerprint density at radius 2 is 1.91 bits per heavy atom. The third kappa shape index (κ3) is 5.74. The van der Waals surface area contributed by atoms with E-state index in [0.717, 1.165) is 6.20 Å². The van der Waals surface area contributed by atoms with E-state index < -0.39 is 30.2 Å². The summed E-state index contributed by atoms with van der Waals surface area (Å²) < 4.78 is 42.6. The van der Waals surface area contributed by atoms with Crippen molar-refractivity contribution in [3.8, 4) is 0 Å². The molecule has 0 atom stereocenters. The van der Waals surface area contributed by atoms with Gasteiger partial charge in [0.15, 0.2) is 5.78 Å². The van der Waals surface area contributed by atoms with Crippen LogP contribution in [0, 0.1) is 6.92 Å². The van der Waals surface area contributed by atoms with Crippen molar-refractivity contribution in [2.75, 3.05) is 6.54 Å². The van der Waals surface area contributed by atoms with Gasteiger partial charge in [-0.3, -0.25) is 9.48 Å². The van der Waals surface area contributed by atoms with Gasteiger partial charge in [0.25, 0.3) is 0 Å². The van der Waals surface area contributed by atoms with E-state index in [1.807, 2.05) is 0 Å². The van der Waals surface area contributed by atoms with Crippen LogP contribution < -0.4 is 5.32 Å². The van der Waals surface area contributed by atoms with Crippen molar-refractivity contribution >= 4 is 11.9 Å². The Hall–Kier alpha value is -2.06. The molecular formula is C13H18F3N3O3. The van der Waals surface area contributed by atoms with Gasteiger partial charge < -0.3 is 10.1 Å². The topological polar surface area (TPSA) is 73.2 Å². The van der Waals surface area contributed by atoms with Gasteiger partial charge in [0.05, 0.1) is 18.3 Å². The van der Waals surface area contributed by atoms with Crippen LogP contribution in [-0.2, 0) is 11.3 Å². The second-order valence-corrected chi connectivity index (χ2v) is 5.70. The van der Waals surface area contributed by atoms with E-state index in [0.29, 0.717) is 4.68 Å². The number of halogens is 3. The van der Waals surface area contributed by atoms with Gasteiger partial charge in [0.2, 0.25) is 0 Å². The van der Waals surface area contributed by atoms with Crippen LogP contribution in [0.5, 0.6) is 0 Å². The molecule has 1 heterocycles. The molecule has 0 unspecified atom stereocenters. The van der Waals surface area contributed by atoms with Gasteiger partial charge in [0.1, 0.15) is 12.1 Å². The number of rotatable bonds is 4. The van der Waals surface area contributed by atoms with Crippen LogP contribution in [0.2, 0.25) is 0 Å². The van der Waals surface area contributed by atoms with Gasteiger partial charge in [-0.2, -0.15) is 18.3 Å². The number of hydrogen-bond donors (Lipinski definition) is 1. The Labute approximate surface area is 125 Å². The van der Waals surface area contributed by atoms with Crippen molar-refractivity contribution in [3.05, 3.63) is 17.5 Å². The summed E-state index contributed by atoms with van der Waals surface area (Å²) >= 11 is 0. The molecule has 0 saturated heterocycles. The number of nitrogens with one attached hydrogen (secondary N) is 1. The number of alkyl carbamates (subject to hydrolysis) is 1. The van der Waals surface area contributed by atoms with Gasteiger partial charge in [0, 0.05) is 5.69 Å². The number of ketones is 1. The summed E-state index contributed by atoms with van der Waals surface area (Å²) in [6, 6.07) is 0. The highest BCUT2D eigenvalue weighted by Crippen LogP contribution is 2.19. The van der Waals surface area contributed by atoms with Crippen LogP contribution in [0.25, 0.3) is 0 Å². The Bertz CT molecular complexity index is 559. The lowest BCUT2D eigenvalue weighted by atomic mass is 10.2. The average Bonchev–Trinajstić information content (AvgIpc) is 2.64. The predicted octanol–water partition coefficient (Wildman–Crippen LogP) is 2.46. The van der Waals surface area contributed by atoms with E-state index in [-0.39, 0.29) is 17.8 Å². The summed E-state index contributed by atoms with van der Waals surface area (Å²) in [5.74, 6) is -0.545. The van der Waals surface area contributed by atoms with Crippen molar-refractivity contribution in [1.82, 2.24) is 15.1 Å². The molecule has 9 heteroatoms. The SMILES string of the molecule is Cc1c(C(=O)CNC(=O)OC(C)(C)C)cnn1CC(F)(F)F. The molecule has 1 rings (SSSR count). The second kappa shape index (κ2) is 6.37. The fraction of sp³-hybridized carbons (Fsp3) is 0.615. The molecule has 0 spiro atoms. The van der Waals surface area contributed by atoms with Crippen LogP contribution in [0.15, 0.2) is 6.20 Å². The number of aromatic nitrogens is 2. The largest absolute Gasteiger partial charge is 0.444 e. The number of alkyl halides is 3. The summed E-state index contributed by atoms with van der Waals surface area (Å²) in [6.07, 6.45) is -4.15. The number of ether oxygens (including phenoxy) is 1. The molecule has 1 amide bonds. The highest BCUT2D eigenvalue weighted by molar-refractivity contribution is 5.99. The second-order valence-electron chi connectivity index (χ2n) is 5.70. The molecule has 124 valence electrons. The van der Waals surface area contributed by atoms with E-state index in [1.165, 1.54) is 6.92 Å². The number of Topliss-reactive ketones (excluding diaryl/α,β-unsaturated/α-hetero) is 1. The lowest BCUT2D eigenvalue weighted by Gasteiger charge is -2.19. The maximum atomic E-state index is 12.3. The predicted molar refractivity (Wildman–Crippen MR) is 71.6 cm³/mol. The summed E-state index contributed by atoms with van der Waals surface area (Å²) in [7, 11) is 0. The average molecular weight is 321 g/mol. The van der Waals surface area contributed by atoms with Crippen molar-refractivity contribution in [3.63, 3.8) is 0 Å². The Morgan fingerprint density at radius 3 is 2.41 bits per heavy atom. The molecule has 6 nitrogen and oxygen atoms in total. The lowest BCUT2D eigenvalue weighted by molar-refractivity contribution is -0.142. The molecule has 1 N–H and O–H groups in total. The summed E-state index contributed by atoms with van der Waals surface area (Å²) in [6.45, 7) is 4.71. The molecule has 0 fully saturated rings. The van der Waals surface area contributed by atoms with Crippen LogP contribution in [0.4, 0.5) is 18.0 Å².